The maximum atomic E-state index is 9.33. The zero-order chi connectivity index (χ0) is 38.4. The van der Waals surface area contributed by atoms with Gasteiger partial charge in [-0.15, -0.1) is 0 Å². The van der Waals surface area contributed by atoms with Crippen LogP contribution in [0.15, 0.2) is 200 Å². The van der Waals surface area contributed by atoms with E-state index in [1.54, 1.807) is 48.5 Å². The van der Waals surface area contributed by atoms with E-state index in [4.69, 9.17) is 2.74 Å². The Balaban J connectivity index is 1.26. The molecule has 0 spiro atoms. The number of fused-ring (bicyclic) bond motifs is 1. The molecule has 0 saturated carbocycles. The van der Waals surface area contributed by atoms with Gasteiger partial charge in [0.15, 0.2) is 0 Å². The minimum atomic E-state index is -0.381. The highest BCUT2D eigenvalue weighted by Gasteiger charge is 2.13. The quantitative estimate of drug-likeness (QED) is 0.174. The van der Waals surface area contributed by atoms with Crippen molar-refractivity contribution in [3.63, 3.8) is 0 Å². The maximum Gasteiger partial charge on any atom is 0.0645 e. The third-order valence-electron chi connectivity index (χ3n) is 8.20. The fourth-order valence-electron chi connectivity index (χ4n) is 5.75. The SMILES string of the molecule is [2H]c1c([2H])c(N(c2ccccc2)c2c([2H])c([2H])c(-c3cccc(-c4ccc5ccccc5c4)c3)c([2H])c2[2H])c([2H])c([2H])c1-c1ccc(-c2ccccc2)cc1. The second-order valence-corrected chi connectivity index (χ2v) is 11.2. The molecule has 0 aliphatic rings. The summed E-state index contributed by atoms with van der Waals surface area (Å²) < 4.78 is 73.9. The first kappa shape index (κ1) is 20.8. The average molecular weight is 608 g/mol. The molecule has 8 aromatic rings. The normalized spacial score (nSPS) is 13.4. The lowest BCUT2D eigenvalue weighted by Gasteiger charge is -2.26. The van der Waals surface area contributed by atoms with Crippen LogP contribution in [-0.2, 0) is 0 Å². The van der Waals surface area contributed by atoms with Crippen LogP contribution in [0.5, 0.6) is 0 Å². The van der Waals surface area contributed by atoms with Crippen molar-refractivity contribution in [1.82, 2.24) is 0 Å². The summed E-state index contributed by atoms with van der Waals surface area (Å²) in [5.41, 5.74) is 4.99. The van der Waals surface area contributed by atoms with E-state index < -0.39 is 0 Å². The highest BCUT2D eigenvalue weighted by Crippen LogP contribution is 2.37. The van der Waals surface area contributed by atoms with Gasteiger partial charge in [-0.25, -0.2) is 0 Å². The van der Waals surface area contributed by atoms with E-state index in [0.29, 0.717) is 16.8 Å². The van der Waals surface area contributed by atoms with Crippen molar-refractivity contribution in [1.29, 1.82) is 0 Å². The van der Waals surface area contributed by atoms with Crippen LogP contribution >= 0.6 is 0 Å². The Morgan fingerprint density at radius 3 is 1.34 bits per heavy atom. The molecule has 1 heteroatoms. The summed E-state index contributed by atoms with van der Waals surface area (Å²) in [6, 6.07) is 44.6. The Kier molecular flexibility index (Phi) is 5.60. The van der Waals surface area contributed by atoms with Gasteiger partial charge in [-0.05, 0) is 104 Å². The minimum Gasteiger partial charge on any atom is -0.311 e. The van der Waals surface area contributed by atoms with Crippen molar-refractivity contribution in [3.8, 4) is 44.5 Å². The Morgan fingerprint density at radius 2 is 0.702 bits per heavy atom. The van der Waals surface area contributed by atoms with E-state index in [9.17, 15) is 8.22 Å². The van der Waals surface area contributed by atoms with E-state index in [1.807, 2.05) is 97.1 Å². The van der Waals surface area contributed by atoms with E-state index >= 15 is 0 Å². The van der Waals surface area contributed by atoms with Crippen LogP contribution in [0.1, 0.15) is 11.0 Å². The summed E-state index contributed by atoms with van der Waals surface area (Å²) >= 11 is 0. The molecule has 222 valence electrons. The maximum absolute atomic E-state index is 9.33. The third kappa shape index (κ3) is 5.95. The minimum absolute atomic E-state index is 0.114. The molecule has 0 bridgehead atoms. The molecule has 1 nitrogen and oxygen atoms in total. The second-order valence-electron chi connectivity index (χ2n) is 11.2. The molecule has 0 atom stereocenters. The van der Waals surface area contributed by atoms with Gasteiger partial charge in [0.25, 0.3) is 0 Å². The van der Waals surface area contributed by atoms with Crippen LogP contribution in [0.3, 0.4) is 0 Å². The zero-order valence-corrected chi connectivity index (χ0v) is 25.4. The third-order valence-corrected chi connectivity index (χ3v) is 8.20. The van der Waals surface area contributed by atoms with E-state index in [-0.39, 0.29) is 70.8 Å². The molecule has 47 heavy (non-hydrogen) atoms. The number of anilines is 3. The topological polar surface area (TPSA) is 3.24 Å². The molecule has 0 saturated heterocycles. The van der Waals surface area contributed by atoms with Crippen LogP contribution < -0.4 is 4.90 Å². The monoisotopic (exact) mass is 607 g/mol. The summed E-state index contributed by atoms with van der Waals surface area (Å²) in [6.45, 7) is 0. The Bertz CT molecular complexity index is 2670. The lowest BCUT2D eigenvalue weighted by atomic mass is 9.97. The summed E-state index contributed by atoms with van der Waals surface area (Å²) in [5, 5.41) is 2.18. The molecule has 0 heterocycles. The highest BCUT2D eigenvalue weighted by molar-refractivity contribution is 5.88. The van der Waals surface area contributed by atoms with Crippen LogP contribution in [0.2, 0.25) is 0 Å². The molecule has 0 aliphatic carbocycles. The smallest absolute Gasteiger partial charge is 0.0645 e. The van der Waals surface area contributed by atoms with Gasteiger partial charge in [0, 0.05) is 17.1 Å². The molecule has 0 aliphatic heterocycles. The van der Waals surface area contributed by atoms with Gasteiger partial charge >= 0.3 is 0 Å². The van der Waals surface area contributed by atoms with Gasteiger partial charge in [0.2, 0.25) is 0 Å². The lowest BCUT2D eigenvalue weighted by Crippen LogP contribution is -2.09. The Morgan fingerprint density at radius 1 is 0.277 bits per heavy atom. The molecule has 0 aromatic heterocycles. The summed E-state index contributed by atoms with van der Waals surface area (Å²) in [6.07, 6.45) is 0. The standard InChI is InChI=1S/C46H33N/c1-3-10-34(11-4-1)36-18-20-37(21-19-36)38-24-28-45(29-25-38)47(44-16-5-2-6-17-44)46-30-26-39(27-31-46)41-14-9-15-42(32-41)43-23-22-35-12-7-8-13-40(35)33-43/h1-33H/i24D,25D,26D,27D,28D,29D,30D,31D. The molecule has 0 amide bonds. The summed E-state index contributed by atoms with van der Waals surface area (Å²) in [5.74, 6) is 0. The predicted octanol–water partition coefficient (Wildman–Crippen LogP) is 13.0. The number of hydrogen-bond donors (Lipinski definition) is 0. The molecule has 8 aromatic carbocycles. The first-order valence-corrected chi connectivity index (χ1v) is 15.5. The fraction of sp³-hybridized carbons (Fsp3) is 0. The average Bonchev–Trinajstić information content (AvgIpc) is 3.22. The molecule has 8 rings (SSSR count). The predicted molar refractivity (Wildman–Crippen MR) is 200 cm³/mol. The summed E-state index contributed by atoms with van der Waals surface area (Å²) in [7, 11) is 0. The molecule has 0 radical (unpaired) electrons. The van der Waals surface area contributed by atoms with Gasteiger partial charge in [0.05, 0.1) is 11.0 Å². The van der Waals surface area contributed by atoms with Crippen LogP contribution in [0.4, 0.5) is 17.1 Å². The lowest BCUT2D eigenvalue weighted by molar-refractivity contribution is 1.28. The van der Waals surface area contributed by atoms with E-state index in [0.717, 1.165) is 33.0 Å². The van der Waals surface area contributed by atoms with Crippen molar-refractivity contribution in [3.05, 3.63) is 200 Å². The van der Waals surface area contributed by atoms with Gasteiger partial charge in [0.1, 0.15) is 0 Å². The van der Waals surface area contributed by atoms with Crippen molar-refractivity contribution < 1.29 is 11.0 Å². The molecule has 0 unspecified atom stereocenters. The van der Waals surface area contributed by atoms with Crippen LogP contribution in [-0.4, -0.2) is 0 Å². The van der Waals surface area contributed by atoms with Crippen molar-refractivity contribution in [2.75, 3.05) is 4.90 Å². The van der Waals surface area contributed by atoms with E-state index in [1.165, 1.54) is 4.90 Å². The van der Waals surface area contributed by atoms with Gasteiger partial charge in [-0.3, -0.25) is 0 Å². The Labute approximate surface area is 287 Å². The number of hydrogen-bond acceptors (Lipinski definition) is 1. The number of para-hydroxylation sites is 1. The van der Waals surface area contributed by atoms with Gasteiger partial charge < -0.3 is 4.90 Å². The molecule has 0 N–H and O–H groups in total. The van der Waals surface area contributed by atoms with Gasteiger partial charge in [-0.1, -0.05) is 152 Å². The number of rotatable bonds is 7. The zero-order valence-electron chi connectivity index (χ0n) is 33.4. The fourth-order valence-corrected chi connectivity index (χ4v) is 5.75. The van der Waals surface area contributed by atoms with Crippen LogP contribution in [0.25, 0.3) is 55.3 Å². The second kappa shape index (κ2) is 12.7. The number of nitrogens with zero attached hydrogens (tertiary/aromatic N) is 1. The van der Waals surface area contributed by atoms with Gasteiger partial charge in [-0.2, -0.15) is 0 Å². The molecular formula is C46H33N. The Hall–Kier alpha value is -6.18. The van der Waals surface area contributed by atoms with Crippen molar-refractivity contribution >= 4 is 27.8 Å². The largest absolute Gasteiger partial charge is 0.311 e. The van der Waals surface area contributed by atoms with Crippen molar-refractivity contribution in [2.45, 2.75) is 0 Å². The first-order chi connectivity index (χ1) is 26.6. The van der Waals surface area contributed by atoms with E-state index in [2.05, 4.69) is 6.07 Å². The first-order valence-electron chi connectivity index (χ1n) is 19.5. The highest BCUT2D eigenvalue weighted by atomic mass is 15.1. The molecule has 0 fully saturated rings. The molecular weight excluding hydrogens is 567 g/mol. The summed E-state index contributed by atoms with van der Waals surface area (Å²) in [4.78, 5) is 1.32. The van der Waals surface area contributed by atoms with Crippen LogP contribution in [0, 0.1) is 0 Å². The number of benzene rings is 8. The van der Waals surface area contributed by atoms with Crippen molar-refractivity contribution in [2.24, 2.45) is 0 Å².